The zero-order valence-electron chi connectivity index (χ0n) is 8.26. The molecule has 1 rings (SSSR count). The van der Waals surface area contributed by atoms with E-state index in [9.17, 15) is 4.79 Å². The van der Waals surface area contributed by atoms with Gasteiger partial charge >= 0.3 is 0 Å². The predicted octanol–water partition coefficient (Wildman–Crippen LogP) is 2.58. The van der Waals surface area contributed by atoms with E-state index in [0.29, 0.717) is 0 Å². The lowest BCUT2D eigenvalue weighted by molar-refractivity contribution is 0.0943. The van der Waals surface area contributed by atoms with Crippen LogP contribution in [-0.2, 0) is 0 Å². The van der Waals surface area contributed by atoms with Crippen molar-refractivity contribution in [2.45, 2.75) is 33.2 Å². The summed E-state index contributed by atoms with van der Waals surface area (Å²) in [6, 6.07) is 4.10. The Bertz CT molecular complexity index is 293. The van der Waals surface area contributed by atoms with Gasteiger partial charge in [-0.3, -0.25) is 4.79 Å². The lowest BCUT2D eigenvalue weighted by atomic mass is 10.2. The molecule has 13 heavy (non-hydrogen) atoms. The minimum absolute atomic E-state index is 0.0486. The Morgan fingerprint density at radius 3 is 2.77 bits per heavy atom. The van der Waals surface area contributed by atoms with Crippen LogP contribution >= 0.6 is 11.3 Å². The van der Waals surface area contributed by atoms with Crippen molar-refractivity contribution in [1.82, 2.24) is 5.32 Å². The highest BCUT2D eigenvalue weighted by Crippen LogP contribution is 2.14. The minimum atomic E-state index is 0.0486. The quantitative estimate of drug-likeness (QED) is 0.792. The van der Waals surface area contributed by atoms with Crippen molar-refractivity contribution in [3.63, 3.8) is 0 Å². The minimum Gasteiger partial charge on any atom is -0.349 e. The van der Waals surface area contributed by atoms with E-state index in [1.165, 1.54) is 16.2 Å². The fourth-order valence-corrected chi connectivity index (χ4v) is 1.72. The van der Waals surface area contributed by atoms with Gasteiger partial charge in [0.1, 0.15) is 0 Å². The van der Waals surface area contributed by atoms with Crippen LogP contribution in [0.1, 0.15) is 34.8 Å². The zero-order chi connectivity index (χ0) is 9.84. The summed E-state index contributed by atoms with van der Waals surface area (Å²) in [7, 11) is 0. The second-order valence-electron chi connectivity index (χ2n) is 3.19. The van der Waals surface area contributed by atoms with Crippen molar-refractivity contribution in [2.75, 3.05) is 0 Å². The molecule has 72 valence electrons. The third-order valence-corrected chi connectivity index (χ3v) is 2.95. The van der Waals surface area contributed by atoms with E-state index in [1.807, 2.05) is 26.0 Å². The Balaban J connectivity index is 2.58. The first-order chi connectivity index (χ1) is 6.13. The first kappa shape index (κ1) is 10.3. The summed E-state index contributed by atoms with van der Waals surface area (Å²) in [6.45, 7) is 6.08. The third-order valence-electron chi connectivity index (χ3n) is 1.95. The Morgan fingerprint density at radius 1 is 1.62 bits per heavy atom. The van der Waals surface area contributed by atoms with Crippen LogP contribution in [0, 0.1) is 6.92 Å². The molecule has 0 spiro atoms. The Morgan fingerprint density at radius 2 is 2.31 bits per heavy atom. The van der Waals surface area contributed by atoms with Crippen molar-refractivity contribution < 1.29 is 4.79 Å². The number of amides is 1. The Hall–Kier alpha value is -0.830. The van der Waals surface area contributed by atoms with Crippen LogP contribution in [-0.4, -0.2) is 11.9 Å². The van der Waals surface area contributed by atoms with Gasteiger partial charge < -0.3 is 5.32 Å². The molecule has 1 unspecified atom stereocenters. The van der Waals surface area contributed by atoms with Crippen molar-refractivity contribution >= 4 is 17.2 Å². The van der Waals surface area contributed by atoms with Gasteiger partial charge in [0.25, 0.3) is 5.91 Å². The third kappa shape index (κ3) is 2.84. The molecule has 1 aromatic rings. The summed E-state index contributed by atoms with van der Waals surface area (Å²) < 4.78 is 0. The molecule has 1 heterocycles. The van der Waals surface area contributed by atoms with Gasteiger partial charge in [0.05, 0.1) is 4.88 Å². The summed E-state index contributed by atoms with van der Waals surface area (Å²) in [5, 5.41) is 2.93. The van der Waals surface area contributed by atoms with E-state index < -0.39 is 0 Å². The maximum atomic E-state index is 11.5. The van der Waals surface area contributed by atoms with E-state index in [2.05, 4.69) is 12.2 Å². The summed E-state index contributed by atoms with van der Waals surface area (Å²) in [5.41, 5.74) is 0. The molecule has 1 amide bonds. The molecule has 0 radical (unpaired) electrons. The van der Waals surface area contributed by atoms with E-state index in [1.54, 1.807) is 0 Å². The normalized spacial score (nSPS) is 12.5. The molecule has 1 atom stereocenters. The van der Waals surface area contributed by atoms with Gasteiger partial charge in [0.15, 0.2) is 0 Å². The fraction of sp³-hybridized carbons (Fsp3) is 0.500. The largest absolute Gasteiger partial charge is 0.349 e. The van der Waals surface area contributed by atoms with Crippen LogP contribution in [0.3, 0.4) is 0 Å². The smallest absolute Gasteiger partial charge is 0.261 e. The second kappa shape index (κ2) is 4.42. The summed E-state index contributed by atoms with van der Waals surface area (Å²) in [5.74, 6) is 0.0486. The topological polar surface area (TPSA) is 29.1 Å². The van der Waals surface area contributed by atoms with Gasteiger partial charge in [-0.25, -0.2) is 0 Å². The van der Waals surface area contributed by atoms with E-state index in [0.717, 1.165) is 11.3 Å². The lowest BCUT2D eigenvalue weighted by Gasteiger charge is -2.09. The molecular formula is C10H15NOS. The Labute approximate surface area is 83.0 Å². The average molecular weight is 197 g/mol. The molecule has 0 fully saturated rings. The SMILES string of the molecule is CCC(C)NC(=O)c1ccc(C)s1. The van der Waals surface area contributed by atoms with Crippen LogP contribution in [0.4, 0.5) is 0 Å². The highest BCUT2D eigenvalue weighted by atomic mass is 32.1. The first-order valence-electron chi connectivity index (χ1n) is 4.50. The molecule has 2 nitrogen and oxygen atoms in total. The molecule has 1 aromatic heterocycles. The number of carbonyl (C=O) groups is 1. The van der Waals surface area contributed by atoms with Crippen molar-refractivity contribution in [2.24, 2.45) is 0 Å². The average Bonchev–Trinajstić information content (AvgIpc) is 2.51. The predicted molar refractivity (Wildman–Crippen MR) is 56.3 cm³/mol. The summed E-state index contributed by atoms with van der Waals surface area (Å²) in [6.07, 6.45) is 0.968. The van der Waals surface area contributed by atoms with Gasteiger partial charge in [0.2, 0.25) is 0 Å². The summed E-state index contributed by atoms with van der Waals surface area (Å²) >= 11 is 1.54. The highest BCUT2D eigenvalue weighted by molar-refractivity contribution is 7.13. The zero-order valence-corrected chi connectivity index (χ0v) is 9.07. The lowest BCUT2D eigenvalue weighted by Crippen LogP contribution is -2.31. The van der Waals surface area contributed by atoms with Gasteiger partial charge in [-0.05, 0) is 32.4 Å². The Kier molecular flexibility index (Phi) is 3.48. The maximum absolute atomic E-state index is 11.5. The number of aryl methyl sites for hydroxylation is 1. The fourth-order valence-electron chi connectivity index (χ4n) is 0.954. The van der Waals surface area contributed by atoms with Crippen LogP contribution in [0.5, 0.6) is 0 Å². The number of nitrogens with one attached hydrogen (secondary N) is 1. The van der Waals surface area contributed by atoms with E-state index in [-0.39, 0.29) is 11.9 Å². The molecule has 0 aliphatic rings. The standard InChI is InChI=1S/C10H15NOS/c1-4-7(2)11-10(12)9-6-5-8(3)13-9/h5-7H,4H2,1-3H3,(H,11,12). The number of hydrogen-bond donors (Lipinski definition) is 1. The monoisotopic (exact) mass is 197 g/mol. The van der Waals surface area contributed by atoms with E-state index >= 15 is 0 Å². The number of rotatable bonds is 3. The summed E-state index contributed by atoms with van der Waals surface area (Å²) in [4.78, 5) is 13.5. The first-order valence-corrected chi connectivity index (χ1v) is 5.32. The van der Waals surface area contributed by atoms with E-state index in [4.69, 9.17) is 0 Å². The number of carbonyl (C=O) groups excluding carboxylic acids is 1. The van der Waals surface area contributed by atoms with Crippen LogP contribution in [0.2, 0.25) is 0 Å². The van der Waals surface area contributed by atoms with Gasteiger partial charge in [0, 0.05) is 10.9 Å². The molecule has 0 bridgehead atoms. The van der Waals surface area contributed by atoms with Gasteiger partial charge in [-0.2, -0.15) is 0 Å². The molecule has 0 saturated carbocycles. The van der Waals surface area contributed by atoms with Crippen LogP contribution < -0.4 is 5.32 Å². The second-order valence-corrected chi connectivity index (χ2v) is 4.48. The van der Waals surface area contributed by atoms with Crippen molar-refractivity contribution in [1.29, 1.82) is 0 Å². The molecule has 0 aromatic carbocycles. The van der Waals surface area contributed by atoms with Crippen LogP contribution in [0.15, 0.2) is 12.1 Å². The highest BCUT2D eigenvalue weighted by Gasteiger charge is 2.09. The van der Waals surface area contributed by atoms with Crippen molar-refractivity contribution in [3.05, 3.63) is 21.9 Å². The molecule has 0 saturated heterocycles. The number of hydrogen-bond acceptors (Lipinski definition) is 2. The van der Waals surface area contributed by atoms with Crippen molar-refractivity contribution in [3.8, 4) is 0 Å². The van der Waals surface area contributed by atoms with Gasteiger partial charge in [-0.1, -0.05) is 6.92 Å². The molecule has 1 N–H and O–H groups in total. The molecule has 3 heteroatoms. The molecule has 0 aliphatic heterocycles. The van der Waals surface area contributed by atoms with Gasteiger partial charge in [-0.15, -0.1) is 11.3 Å². The van der Waals surface area contributed by atoms with Crippen LogP contribution in [0.25, 0.3) is 0 Å². The maximum Gasteiger partial charge on any atom is 0.261 e. The molecule has 0 aliphatic carbocycles. The number of thiophene rings is 1. The molecular weight excluding hydrogens is 182 g/mol.